The van der Waals surface area contributed by atoms with Crippen molar-refractivity contribution in [1.82, 2.24) is 14.9 Å². The van der Waals surface area contributed by atoms with Crippen LogP contribution in [0.5, 0.6) is 0 Å². The summed E-state index contributed by atoms with van der Waals surface area (Å²) in [6.45, 7) is 4.44. The number of hydrogen-bond donors (Lipinski definition) is 2. The normalized spacial score (nSPS) is 16.5. The topological polar surface area (TPSA) is 59.0 Å². The van der Waals surface area contributed by atoms with Crippen LogP contribution in [-0.4, -0.2) is 21.5 Å². The van der Waals surface area contributed by atoms with Gasteiger partial charge in [-0.25, -0.2) is 13.8 Å². The van der Waals surface area contributed by atoms with Gasteiger partial charge >= 0.3 is 0 Å². The molecule has 0 bridgehead atoms. The third-order valence-electron chi connectivity index (χ3n) is 6.09. The minimum atomic E-state index is -0.625. The van der Waals surface area contributed by atoms with E-state index in [1.165, 1.54) is 24.3 Å². The van der Waals surface area contributed by atoms with Gasteiger partial charge in [0, 0.05) is 19.2 Å². The Bertz CT molecular complexity index is 1130. The molecule has 1 aromatic heterocycles. The zero-order valence-electron chi connectivity index (χ0n) is 17.7. The largest absolute Gasteiger partial charge is 0.349 e. The summed E-state index contributed by atoms with van der Waals surface area (Å²) in [7, 11) is 1.68. The number of aromatic nitrogens is 2. The molecule has 1 aliphatic carbocycles. The summed E-state index contributed by atoms with van der Waals surface area (Å²) in [4.78, 5) is 17.2. The molecule has 2 N–H and O–H groups in total. The first-order chi connectivity index (χ1) is 14.6. The van der Waals surface area contributed by atoms with Gasteiger partial charge in [0.15, 0.2) is 0 Å². The number of nitrogens with one attached hydrogen (secondary N) is 2. The van der Waals surface area contributed by atoms with Crippen molar-refractivity contribution in [3.63, 3.8) is 0 Å². The number of carbonyl (C=O) groups is 1. The molecule has 1 saturated carbocycles. The molecule has 0 unspecified atom stereocenters. The second-order valence-electron chi connectivity index (χ2n) is 8.95. The van der Waals surface area contributed by atoms with Crippen molar-refractivity contribution in [2.24, 2.45) is 12.5 Å². The molecule has 1 heterocycles. The molecular weight excluding hydrogens is 422 g/mol. The molecular formula is C23H25ClF2N4O. The van der Waals surface area contributed by atoms with Crippen molar-refractivity contribution in [2.45, 2.75) is 45.6 Å². The van der Waals surface area contributed by atoms with Crippen LogP contribution in [0.15, 0.2) is 30.3 Å². The third-order valence-corrected chi connectivity index (χ3v) is 6.40. The molecule has 0 saturated heterocycles. The molecule has 2 aromatic carbocycles. The summed E-state index contributed by atoms with van der Waals surface area (Å²) < 4.78 is 30.5. The molecule has 0 atom stereocenters. The van der Waals surface area contributed by atoms with E-state index in [0.29, 0.717) is 11.0 Å². The number of benzene rings is 2. The number of para-hydroxylation sites is 1. The second-order valence-corrected chi connectivity index (χ2v) is 9.36. The first-order valence-electron chi connectivity index (χ1n) is 10.3. The zero-order chi connectivity index (χ0) is 22.3. The lowest BCUT2D eigenvalue weighted by atomic mass is 9.75. The number of halogens is 3. The fraction of sp³-hybridized carbons (Fsp3) is 0.391. The van der Waals surface area contributed by atoms with E-state index in [2.05, 4.69) is 29.5 Å². The highest BCUT2D eigenvalue weighted by Gasteiger charge is 2.28. The smallest absolute Gasteiger partial charge is 0.254 e. The fourth-order valence-corrected chi connectivity index (χ4v) is 4.24. The van der Waals surface area contributed by atoms with Crippen LogP contribution in [0.2, 0.25) is 5.02 Å². The van der Waals surface area contributed by atoms with Crippen molar-refractivity contribution in [3.8, 4) is 0 Å². The Balaban J connectivity index is 1.59. The summed E-state index contributed by atoms with van der Waals surface area (Å²) in [5.74, 6) is -1.31. The summed E-state index contributed by atoms with van der Waals surface area (Å²) in [5, 5.41) is 6.02. The van der Waals surface area contributed by atoms with Gasteiger partial charge in [-0.1, -0.05) is 31.5 Å². The predicted octanol–water partition coefficient (Wildman–Crippen LogP) is 5.95. The zero-order valence-corrected chi connectivity index (χ0v) is 18.5. The number of hydrogen-bond acceptors (Lipinski definition) is 3. The summed E-state index contributed by atoms with van der Waals surface area (Å²) in [6.07, 6.45) is 3.80. The predicted molar refractivity (Wildman–Crippen MR) is 119 cm³/mol. The van der Waals surface area contributed by atoms with Gasteiger partial charge in [0.05, 0.1) is 27.3 Å². The fourth-order valence-electron chi connectivity index (χ4n) is 4.03. The van der Waals surface area contributed by atoms with E-state index in [-0.39, 0.29) is 33.7 Å². The average Bonchev–Trinajstić information content (AvgIpc) is 3.00. The number of nitrogens with zero attached hydrogens (tertiary/aromatic N) is 2. The Hall–Kier alpha value is -2.67. The standard InChI is InChI=1S/C23H25ClF2N4O/c1-23(2)9-7-13(8-10-23)27-21(31)14-11-18-19(12-17(14)26)30(3)22(28-18)29-20-15(24)5-4-6-16(20)25/h4-6,11-13H,7-10H2,1-3H3,(H,27,31)(H,28,29). The third kappa shape index (κ3) is 4.37. The minimum absolute atomic E-state index is 0.0415. The van der Waals surface area contributed by atoms with Crippen molar-refractivity contribution in [2.75, 3.05) is 5.32 Å². The number of amides is 1. The van der Waals surface area contributed by atoms with Crippen LogP contribution in [0.25, 0.3) is 11.0 Å². The van der Waals surface area contributed by atoms with Crippen LogP contribution in [0.1, 0.15) is 49.9 Å². The molecule has 1 amide bonds. The number of imidazole rings is 1. The van der Waals surface area contributed by atoms with Gasteiger partial charge < -0.3 is 15.2 Å². The van der Waals surface area contributed by atoms with Gasteiger partial charge in [-0.15, -0.1) is 0 Å². The van der Waals surface area contributed by atoms with Crippen LogP contribution in [0, 0.1) is 17.0 Å². The molecule has 0 spiro atoms. The molecule has 3 aromatic rings. The molecule has 5 nitrogen and oxygen atoms in total. The molecule has 164 valence electrons. The lowest BCUT2D eigenvalue weighted by Gasteiger charge is -2.34. The first kappa shape index (κ1) is 21.6. The summed E-state index contributed by atoms with van der Waals surface area (Å²) in [5.41, 5.74) is 1.22. The Labute approximate surface area is 184 Å². The molecule has 0 radical (unpaired) electrons. The maximum Gasteiger partial charge on any atom is 0.254 e. The van der Waals surface area contributed by atoms with E-state index < -0.39 is 17.5 Å². The Morgan fingerprint density at radius 3 is 2.58 bits per heavy atom. The van der Waals surface area contributed by atoms with Crippen LogP contribution >= 0.6 is 11.6 Å². The van der Waals surface area contributed by atoms with E-state index in [4.69, 9.17) is 11.6 Å². The highest BCUT2D eigenvalue weighted by atomic mass is 35.5. The number of carbonyl (C=O) groups excluding carboxylic acids is 1. The minimum Gasteiger partial charge on any atom is -0.349 e. The second kappa shape index (κ2) is 8.11. The maximum atomic E-state index is 14.8. The van der Waals surface area contributed by atoms with Crippen LogP contribution in [-0.2, 0) is 7.05 Å². The Kier molecular flexibility index (Phi) is 5.64. The summed E-state index contributed by atoms with van der Waals surface area (Å²) in [6, 6.07) is 7.09. The highest BCUT2D eigenvalue weighted by Crippen LogP contribution is 2.35. The van der Waals surface area contributed by atoms with E-state index in [1.54, 1.807) is 17.7 Å². The number of fused-ring (bicyclic) bond motifs is 1. The van der Waals surface area contributed by atoms with Gasteiger partial charge in [-0.3, -0.25) is 4.79 Å². The lowest BCUT2D eigenvalue weighted by Crippen LogP contribution is -2.39. The molecule has 1 fully saturated rings. The van der Waals surface area contributed by atoms with Gasteiger partial charge in [0.1, 0.15) is 11.6 Å². The first-order valence-corrected chi connectivity index (χ1v) is 10.7. The van der Waals surface area contributed by atoms with Crippen molar-refractivity contribution >= 4 is 40.2 Å². The van der Waals surface area contributed by atoms with Crippen molar-refractivity contribution < 1.29 is 13.6 Å². The molecule has 1 aliphatic rings. The summed E-state index contributed by atoms with van der Waals surface area (Å²) >= 11 is 6.08. The van der Waals surface area contributed by atoms with E-state index in [0.717, 1.165) is 25.7 Å². The Morgan fingerprint density at radius 2 is 1.90 bits per heavy atom. The number of anilines is 2. The van der Waals surface area contributed by atoms with E-state index >= 15 is 0 Å². The lowest BCUT2D eigenvalue weighted by molar-refractivity contribution is 0.0905. The molecule has 4 rings (SSSR count). The average molecular weight is 447 g/mol. The van der Waals surface area contributed by atoms with Gasteiger partial charge in [0.25, 0.3) is 5.91 Å². The van der Waals surface area contributed by atoms with Crippen LogP contribution in [0.4, 0.5) is 20.4 Å². The van der Waals surface area contributed by atoms with Crippen LogP contribution in [0.3, 0.4) is 0 Å². The molecule has 31 heavy (non-hydrogen) atoms. The van der Waals surface area contributed by atoms with E-state index in [1.807, 2.05) is 0 Å². The highest BCUT2D eigenvalue weighted by molar-refractivity contribution is 6.33. The number of rotatable bonds is 4. The Morgan fingerprint density at radius 1 is 1.19 bits per heavy atom. The van der Waals surface area contributed by atoms with Crippen molar-refractivity contribution in [1.29, 1.82) is 0 Å². The van der Waals surface area contributed by atoms with Gasteiger partial charge in [-0.05, 0) is 49.3 Å². The quantitative estimate of drug-likeness (QED) is 0.520. The van der Waals surface area contributed by atoms with Gasteiger partial charge in [0.2, 0.25) is 5.95 Å². The van der Waals surface area contributed by atoms with Gasteiger partial charge in [-0.2, -0.15) is 0 Å². The SMILES string of the molecule is Cn1c(Nc2c(F)cccc2Cl)nc2cc(C(=O)NC3CCC(C)(C)CC3)c(F)cc21. The van der Waals surface area contributed by atoms with Crippen molar-refractivity contribution in [3.05, 3.63) is 52.6 Å². The molecule has 0 aliphatic heterocycles. The van der Waals surface area contributed by atoms with Crippen LogP contribution < -0.4 is 10.6 Å². The van der Waals surface area contributed by atoms with E-state index in [9.17, 15) is 13.6 Å². The monoisotopic (exact) mass is 446 g/mol. The number of aryl methyl sites for hydroxylation is 1. The molecule has 8 heteroatoms. The maximum absolute atomic E-state index is 14.8.